The lowest BCUT2D eigenvalue weighted by molar-refractivity contribution is -0.121. The van der Waals surface area contributed by atoms with Gasteiger partial charge in [0, 0.05) is 10.7 Å². The van der Waals surface area contributed by atoms with Crippen molar-refractivity contribution in [2.24, 2.45) is 0 Å². The SMILES string of the molecule is O=C(Nc1ccc2c(c1)N(Cc1ccccc1Cl)C(=O)CO2)c1ccccc1F. The van der Waals surface area contributed by atoms with Crippen LogP contribution in [0.1, 0.15) is 15.9 Å². The number of carbonyl (C=O) groups is 2. The monoisotopic (exact) mass is 410 g/mol. The topological polar surface area (TPSA) is 58.6 Å². The Bertz CT molecular complexity index is 1100. The highest BCUT2D eigenvalue weighted by Crippen LogP contribution is 2.36. The molecule has 2 amide bonds. The van der Waals surface area contributed by atoms with Crippen molar-refractivity contribution in [1.82, 2.24) is 0 Å². The largest absolute Gasteiger partial charge is 0.482 e. The molecule has 3 aromatic rings. The van der Waals surface area contributed by atoms with E-state index < -0.39 is 11.7 Å². The van der Waals surface area contributed by atoms with Crippen molar-refractivity contribution < 1.29 is 18.7 Å². The average molecular weight is 411 g/mol. The zero-order chi connectivity index (χ0) is 20.4. The van der Waals surface area contributed by atoms with Crippen LogP contribution < -0.4 is 15.0 Å². The Morgan fingerprint density at radius 2 is 1.86 bits per heavy atom. The number of halogens is 2. The van der Waals surface area contributed by atoms with Crippen molar-refractivity contribution >= 4 is 34.8 Å². The molecular weight excluding hydrogens is 395 g/mol. The molecule has 0 bridgehead atoms. The molecule has 0 unspecified atom stereocenters. The Hall–Kier alpha value is -3.38. The number of nitrogens with one attached hydrogen (secondary N) is 1. The molecule has 1 aliphatic heterocycles. The molecule has 5 nitrogen and oxygen atoms in total. The van der Waals surface area contributed by atoms with E-state index in [9.17, 15) is 14.0 Å². The fourth-order valence-corrected chi connectivity index (χ4v) is 3.29. The zero-order valence-corrected chi connectivity index (χ0v) is 15.9. The molecule has 29 heavy (non-hydrogen) atoms. The van der Waals surface area contributed by atoms with Gasteiger partial charge in [-0.15, -0.1) is 0 Å². The van der Waals surface area contributed by atoms with Gasteiger partial charge in [-0.25, -0.2) is 4.39 Å². The molecule has 0 aromatic heterocycles. The summed E-state index contributed by atoms with van der Waals surface area (Å²) >= 11 is 6.24. The fraction of sp³-hybridized carbons (Fsp3) is 0.0909. The summed E-state index contributed by atoms with van der Waals surface area (Å²) in [5.41, 5.74) is 1.65. The standard InChI is InChI=1S/C22H16ClFN2O3/c23-17-7-3-1-5-14(17)12-26-19-11-15(9-10-20(19)29-13-21(26)27)25-22(28)16-6-2-4-8-18(16)24/h1-11H,12-13H2,(H,25,28). The number of hydrogen-bond donors (Lipinski definition) is 1. The summed E-state index contributed by atoms with van der Waals surface area (Å²) in [6, 6.07) is 17.9. The lowest BCUT2D eigenvalue weighted by Crippen LogP contribution is -2.38. The molecule has 0 atom stereocenters. The van der Waals surface area contributed by atoms with Crippen LogP contribution in [0, 0.1) is 5.82 Å². The second-order valence-electron chi connectivity index (χ2n) is 6.48. The van der Waals surface area contributed by atoms with Crippen molar-refractivity contribution in [3.63, 3.8) is 0 Å². The van der Waals surface area contributed by atoms with Crippen molar-refractivity contribution in [2.45, 2.75) is 6.54 Å². The number of ether oxygens (including phenoxy) is 1. The molecule has 1 N–H and O–H groups in total. The number of benzene rings is 3. The van der Waals surface area contributed by atoms with E-state index in [0.29, 0.717) is 22.1 Å². The minimum atomic E-state index is -0.609. The first kappa shape index (κ1) is 19.0. The van der Waals surface area contributed by atoms with Gasteiger partial charge < -0.3 is 15.0 Å². The van der Waals surface area contributed by atoms with E-state index in [2.05, 4.69) is 5.32 Å². The molecular formula is C22H16ClFN2O3. The summed E-state index contributed by atoms with van der Waals surface area (Å²) in [6.45, 7) is 0.179. The third-order valence-electron chi connectivity index (χ3n) is 4.56. The predicted molar refractivity (Wildman–Crippen MR) is 109 cm³/mol. The maximum absolute atomic E-state index is 13.9. The Morgan fingerprint density at radius 1 is 1.10 bits per heavy atom. The minimum Gasteiger partial charge on any atom is -0.482 e. The molecule has 7 heteroatoms. The molecule has 0 radical (unpaired) electrons. The van der Waals surface area contributed by atoms with Crippen LogP contribution in [0.15, 0.2) is 66.7 Å². The van der Waals surface area contributed by atoms with Crippen molar-refractivity contribution in [3.05, 3.63) is 88.7 Å². The highest BCUT2D eigenvalue weighted by molar-refractivity contribution is 6.31. The molecule has 0 saturated heterocycles. The van der Waals surface area contributed by atoms with Gasteiger partial charge in [0.1, 0.15) is 11.6 Å². The van der Waals surface area contributed by atoms with Crippen molar-refractivity contribution in [2.75, 3.05) is 16.8 Å². The molecule has 0 fully saturated rings. The lowest BCUT2D eigenvalue weighted by atomic mass is 10.1. The van der Waals surface area contributed by atoms with Gasteiger partial charge in [0.05, 0.1) is 17.8 Å². The summed E-state index contributed by atoms with van der Waals surface area (Å²) in [4.78, 5) is 26.5. The van der Waals surface area contributed by atoms with Crippen LogP contribution in [0.4, 0.5) is 15.8 Å². The second-order valence-corrected chi connectivity index (χ2v) is 6.88. The lowest BCUT2D eigenvalue weighted by Gasteiger charge is -2.30. The van der Waals surface area contributed by atoms with Crippen LogP contribution in [0.3, 0.4) is 0 Å². The number of carbonyl (C=O) groups excluding carboxylic acids is 2. The Kier molecular flexibility index (Phi) is 5.18. The molecule has 0 spiro atoms. The summed E-state index contributed by atoms with van der Waals surface area (Å²) in [6.07, 6.45) is 0. The van der Waals surface area contributed by atoms with Crippen LogP contribution >= 0.6 is 11.6 Å². The number of nitrogens with zero attached hydrogens (tertiary/aromatic N) is 1. The number of hydrogen-bond acceptors (Lipinski definition) is 3. The van der Waals surface area contributed by atoms with E-state index in [1.54, 1.807) is 35.2 Å². The third kappa shape index (κ3) is 3.93. The number of rotatable bonds is 4. The van der Waals surface area contributed by atoms with E-state index in [0.717, 1.165) is 5.56 Å². The summed E-state index contributed by atoms with van der Waals surface area (Å²) in [7, 11) is 0. The number of fused-ring (bicyclic) bond motifs is 1. The molecule has 1 aliphatic rings. The zero-order valence-electron chi connectivity index (χ0n) is 15.2. The van der Waals surface area contributed by atoms with Gasteiger partial charge in [-0.1, -0.05) is 41.9 Å². The van der Waals surface area contributed by atoms with Gasteiger partial charge in [-0.2, -0.15) is 0 Å². The molecule has 0 saturated carbocycles. The first-order valence-electron chi connectivity index (χ1n) is 8.89. The van der Waals surface area contributed by atoms with Gasteiger partial charge in [-0.3, -0.25) is 9.59 Å². The van der Waals surface area contributed by atoms with Crippen molar-refractivity contribution in [1.29, 1.82) is 0 Å². The fourth-order valence-electron chi connectivity index (χ4n) is 3.09. The van der Waals surface area contributed by atoms with E-state index in [4.69, 9.17) is 16.3 Å². The third-order valence-corrected chi connectivity index (χ3v) is 4.93. The van der Waals surface area contributed by atoms with Gasteiger partial charge in [0.2, 0.25) is 0 Å². The average Bonchev–Trinajstić information content (AvgIpc) is 2.72. The van der Waals surface area contributed by atoms with Gasteiger partial charge >= 0.3 is 0 Å². The van der Waals surface area contributed by atoms with Crippen molar-refractivity contribution in [3.8, 4) is 5.75 Å². The first-order chi connectivity index (χ1) is 14.0. The highest BCUT2D eigenvalue weighted by Gasteiger charge is 2.27. The van der Waals surface area contributed by atoms with E-state index in [1.165, 1.54) is 18.2 Å². The Labute approximate surface area is 171 Å². The summed E-state index contributed by atoms with van der Waals surface area (Å²) in [5, 5.41) is 3.21. The maximum Gasteiger partial charge on any atom is 0.265 e. The second kappa shape index (κ2) is 7.93. The van der Waals surface area contributed by atoms with Gasteiger partial charge in [-0.05, 0) is 42.0 Å². The quantitative estimate of drug-likeness (QED) is 0.680. The van der Waals surface area contributed by atoms with Crippen LogP contribution in [-0.2, 0) is 11.3 Å². The maximum atomic E-state index is 13.9. The van der Waals surface area contributed by atoms with Crippen LogP contribution in [0.2, 0.25) is 5.02 Å². The molecule has 4 rings (SSSR count). The molecule has 146 valence electrons. The Morgan fingerprint density at radius 3 is 2.66 bits per heavy atom. The summed E-state index contributed by atoms with van der Waals surface area (Å²) < 4.78 is 19.4. The van der Waals surface area contributed by atoms with E-state index in [1.807, 2.05) is 18.2 Å². The van der Waals surface area contributed by atoms with E-state index >= 15 is 0 Å². The molecule has 0 aliphatic carbocycles. The Balaban J connectivity index is 1.63. The molecule has 3 aromatic carbocycles. The van der Waals surface area contributed by atoms with Gasteiger partial charge in [0.25, 0.3) is 11.8 Å². The van der Waals surface area contributed by atoms with Crippen LogP contribution in [0.25, 0.3) is 0 Å². The first-order valence-corrected chi connectivity index (χ1v) is 9.27. The van der Waals surface area contributed by atoms with Crippen LogP contribution in [0.5, 0.6) is 5.75 Å². The van der Waals surface area contributed by atoms with Gasteiger partial charge in [0.15, 0.2) is 6.61 Å². The molecule has 1 heterocycles. The van der Waals surface area contributed by atoms with E-state index in [-0.39, 0.29) is 24.6 Å². The highest BCUT2D eigenvalue weighted by atomic mass is 35.5. The van der Waals surface area contributed by atoms with Crippen LogP contribution in [-0.4, -0.2) is 18.4 Å². The summed E-state index contributed by atoms with van der Waals surface area (Å²) in [5.74, 6) is -0.902. The number of anilines is 2. The predicted octanol–water partition coefficient (Wildman–Crippen LogP) is 4.66. The normalized spacial score (nSPS) is 12.9. The minimum absolute atomic E-state index is 0.0644. The number of amides is 2. The smallest absolute Gasteiger partial charge is 0.265 e.